The number of benzene rings is 1. The molecule has 0 saturated heterocycles. The van der Waals surface area contributed by atoms with Gasteiger partial charge in [-0.3, -0.25) is 0 Å². The van der Waals surface area contributed by atoms with Crippen LogP contribution in [0.2, 0.25) is 0 Å². The Bertz CT molecular complexity index is 1220. The Morgan fingerprint density at radius 3 is 2.62 bits per heavy atom. The van der Waals surface area contributed by atoms with Gasteiger partial charge < -0.3 is 0 Å². The van der Waals surface area contributed by atoms with Gasteiger partial charge in [-0.2, -0.15) is 19.0 Å². The van der Waals surface area contributed by atoms with Gasteiger partial charge in [-0.15, -0.1) is 5.10 Å². The number of halogens is 2. The number of aromatic nitrogens is 8. The lowest BCUT2D eigenvalue weighted by atomic mass is 10.3. The summed E-state index contributed by atoms with van der Waals surface area (Å²) >= 11 is 0. The molecule has 0 aliphatic rings. The van der Waals surface area contributed by atoms with E-state index in [0.29, 0.717) is 21.4 Å². The highest BCUT2D eigenvalue weighted by atomic mass is 19.3. The zero-order valence-corrected chi connectivity index (χ0v) is 13.1. The Balaban J connectivity index is 1.71. The van der Waals surface area contributed by atoms with Gasteiger partial charge >= 0.3 is 6.55 Å². The molecule has 4 aromatic heterocycles. The van der Waals surface area contributed by atoms with Gasteiger partial charge in [-0.05, 0) is 18.2 Å². The van der Waals surface area contributed by atoms with E-state index >= 15 is 0 Å². The van der Waals surface area contributed by atoms with Crippen LogP contribution < -0.4 is 0 Å². The van der Waals surface area contributed by atoms with Gasteiger partial charge in [0.25, 0.3) is 0 Å². The molecule has 0 aliphatic carbocycles. The van der Waals surface area contributed by atoms with Gasteiger partial charge in [-0.25, -0.2) is 23.8 Å². The summed E-state index contributed by atoms with van der Waals surface area (Å²) < 4.78 is 29.8. The molecule has 4 heterocycles. The monoisotopic (exact) mass is 352 g/mol. The molecule has 0 N–H and O–H groups in total. The lowest BCUT2D eigenvalue weighted by Gasteiger charge is -2.01. The Hall–Kier alpha value is -3.69. The molecule has 0 aliphatic heterocycles. The molecule has 0 saturated carbocycles. The van der Waals surface area contributed by atoms with E-state index in [1.54, 1.807) is 10.9 Å². The molecule has 0 bridgehead atoms. The van der Waals surface area contributed by atoms with Crippen LogP contribution in [0.5, 0.6) is 0 Å². The average molecular weight is 352 g/mol. The zero-order valence-electron chi connectivity index (χ0n) is 13.1. The van der Waals surface area contributed by atoms with Crippen LogP contribution in [-0.4, -0.2) is 39.1 Å². The van der Waals surface area contributed by atoms with Crippen LogP contribution in [0.15, 0.2) is 55.1 Å². The minimum atomic E-state index is -2.77. The van der Waals surface area contributed by atoms with E-state index in [9.17, 15) is 8.78 Å². The summed E-state index contributed by atoms with van der Waals surface area (Å²) in [7, 11) is 0. The van der Waals surface area contributed by atoms with Gasteiger partial charge in [0.2, 0.25) is 5.82 Å². The average Bonchev–Trinajstić information content (AvgIpc) is 3.38. The topological polar surface area (TPSA) is 78.7 Å². The van der Waals surface area contributed by atoms with Gasteiger partial charge in [-0.1, -0.05) is 18.2 Å². The van der Waals surface area contributed by atoms with Crippen LogP contribution in [0.1, 0.15) is 6.55 Å². The smallest absolute Gasteiger partial charge is 0.216 e. The summed E-state index contributed by atoms with van der Waals surface area (Å²) in [6.07, 6.45) is 4.40. The van der Waals surface area contributed by atoms with Crippen LogP contribution in [0.25, 0.3) is 33.9 Å². The fraction of sp³-hybridized carbons (Fsp3) is 0.0625. The molecule has 0 amide bonds. The Morgan fingerprint density at radius 1 is 0.962 bits per heavy atom. The van der Waals surface area contributed by atoms with E-state index in [2.05, 4.69) is 25.3 Å². The van der Waals surface area contributed by atoms with Crippen molar-refractivity contribution in [2.45, 2.75) is 6.55 Å². The summed E-state index contributed by atoms with van der Waals surface area (Å²) in [5.74, 6) is 0.143. The number of para-hydroxylation sites is 1. The van der Waals surface area contributed by atoms with Crippen molar-refractivity contribution in [1.29, 1.82) is 0 Å². The lowest BCUT2D eigenvalue weighted by Crippen LogP contribution is -2.03. The second kappa shape index (κ2) is 5.41. The van der Waals surface area contributed by atoms with E-state index in [1.807, 2.05) is 30.3 Å². The fourth-order valence-electron chi connectivity index (χ4n) is 2.83. The maximum absolute atomic E-state index is 13.1. The van der Waals surface area contributed by atoms with E-state index < -0.39 is 6.55 Å². The summed E-state index contributed by atoms with van der Waals surface area (Å²) in [5.41, 5.74) is 2.07. The van der Waals surface area contributed by atoms with Gasteiger partial charge in [0, 0.05) is 6.20 Å². The summed E-state index contributed by atoms with van der Waals surface area (Å²) in [6, 6.07) is 11.0. The second-order valence-corrected chi connectivity index (χ2v) is 5.52. The van der Waals surface area contributed by atoms with Crippen LogP contribution in [-0.2, 0) is 0 Å². The molecule has 26 heavy (non-hydrogen) atoms. The predicted molar refractivity (Wildman–Crippen MR) is 87.9 cm³/mol. The Kier molecular flexibility index (Phi) is 3.05. The normalized spacial score (nSPS) is 11.8. The van der Waals surface area contributed by atoms with Gasteiger partial charge in [0.15, 0.2) is 11.3 Å². The first-order valence-corrected chi connectivity index (χ1v) is 7.69. The summed E-state index contributed by atoms with van der Waals surface area (Å²) in [5, 5.41) is 12.9. The van der Waals surface area contributed by atoms with E-state index in [-0.39, 0.29) is 11.5 Å². The first kappa shape index (κ1) is 14.6. The van der Waals surface area contributed by atoms with Crippen molar-refractivity contribution in [3.05, 3.63) is 55.1 Å². The maximum atomic E-state index is 13.1. The predicted octanol–water partition coefficient (Wildman–Crippen LogP) is 2.72. The van der Waals surface area contributed by atoms with E-state index in [1.165, 1.54) is 23.1 Å². The van der Waals surface area contributed by atoms with Crippen LogP contribution in [0.4, 0.5) is 8.78 Å². The van der Waals surface area contributed by atoms with Crippen molar-refractivity contribution in [3.8, 4) is 17.2 Å². The van der Waals surface area contributed by atoms with Crippen LogP contribution in [0.3, 0.4) is 0 Å². The van der Waals surface area contributed by atoms with Crippen LogP contribution >= 0.6 is 0 Å². The van der Waals surface area contributed by atoms with Crippen molar-refractivity contribution in [2.75, 3.05) is 0 Å². The molecule has 0 spiro atoms. The molecular formula is C16H10F2N8. The Labute approximate surface area is 144 Å². The number of hydrogen-bond donors (Lipinski definition) is 0. The van der Waals surface area contributed by atoms with Crippen LogP contribution in [0, 0.1) is 0 Å². The number of nitrogens with zero attached hydrogens (tertiary/aromatic N) is 8. The largest absolute Gasteiger partial charge is 0.333 e. The van der Waals surface area contributed by atoms with Crippen molar-refractivity contribution in [2.24, 2.45) is 0 Å². The van der Waals surface area contributed by atoms with Crippen molar-refractivity contribution in [1.82, 2.24) is 39.1 Å². The van der Waals surface area contributed by atoms with Crippen molar-refractivity contribution >= 4 is 16.7 Å². The number of alkyl halides is 2. The molecule has 0 radical (unpaired) electrons. The first-order valence-electron chi connectivity index (χ1n) is 7.69. The van der Waals surface area contributed by atoms with Gasteiger partial charge in [0.1, 0.15) is 12.0 Å². The quantitative estimate of drug-likeness (QED) is 0.499. The minimum Gasteiger partial charge on any atom is -0.216 e. The molecular weight excluding hydrogens is 342 g/mol. The third-order valence-electron chi connectivity index (χ3n) is 3.99. The number of fused-ring (bicyclic) bond motifs is 3. The van der Waals surface area contributed by atoms with Gasteiger partial charge in [0.05, 0.1) is 17.3 Å². The highest BCUT2D eigenvalue weighted by Crippen LogP contribution is 2.24. The third kappa shape index (κ3) is 2.08. The molecule has 0 atom stereocenters. The molecule has 0 fully saturated rings. The highest BCUT2D eigenvalue weighted by molar-refractivity contribution is 5.89. The highest BCUT2D eigenvalue weighted by Gasteiger charge is 2.19. The fourth-order valence-corrected chi connectivity index (χ4v) is 2.83. The van der Waals surface area contributed by atoms with E-state index in [0.717, 1.165) is 5.69 Å². The molecule has 10 heteroatoms. The summed E-state index contributed by atoms with van der Waals surface area (Å²) in [6.45, 7) is -2.77. The first-order chi connectivity index (χ1) is 12.7. The lowest BCUT2D eigenvalue weighted by molar-refractivity contribution is 0.0583. The maximum Gasteiger partial charge on any atom is 0.333 e. The minimum absolute atomic E-state index is 0.132. The third-order valence-corrected chi connectivity index (χ3v) is 3.99. The SMILES string of the molecule is FC(F)n1nccc1-c1nc2c3cnn(-c4ccccc4)c3ncn2n1. The Morgan fingerprint density at radius 2 is 1.81 bits per heavy atom. The molecule has 5 aromatic rings. The molecule has 0 unspecified atom stereocenters. The molecule has 128 valence electrons. The van der Waals surface area contributed by atoms with Crippen molar-refractivity contribution in [3.63, 3.8) is 0 Å². The molecule has 8 nitrogen and oxygen atoms in total. The standard InChI is InChI=1S/C16H10F2N8/c17-16(18)26-12(6-7-20-26)13-22-15-11-8-21-25(10-4-2-1-3-5-10)14(11)19-9-24(15)23-13/h1-9,16H. The van der Waals surface area contributed by atoms with Crippen molar-refractivity contribution < 1.29 is 8.78 Å². The molecule has 1 aromatic carbocycles. The van der Waals surface area contributed by atoms with E-state index in [4.69, 9.17) is 0 Å². The summed E-state index contributed by atoms with van der Waals surface area (Å²) in [4.78, 5) is 8.79. The molecule has 5 rings (SSSR count). The number of rotatable bonds is 3. The second-order valence-electron chi connectivity index (χ2n) is 5.52. The zero-order chi connectivity index (χ0) is 17.7. The number of hydrogen-bond acceptors (Lipinski definition) is 5.